The second kappa shape index (κ2) is 7.49. The number of carbonyl (C=O) groups excluding carboxylic acids is 1. The molecule has 24 heavy (non-hydrogen) atoms. The first-order valence-electron chi connectivity index (χ1n) is 8.36. The first-order valence-corrected chi connectivity index (χ1v) is 8.36. The number of hydrogen-bond donors (Lipinski definition) is 1. The first kappa shape index (κ1) is 16.5. The maximum atomic E-state index is 12.9. The number of hydrogen-bond acceptors (Lipinski definition) is 4. The van der Waals surface area contributed by atoms with Gasteiger partial charge in [-0.3, -0.25) is 9.48 Å². The van der Waals surface area contributed by atoms with Gasteiger partial charge in [0.05, 0.1) is 19.7 Å². The van der Waals surface area contributed by atoms with E-state index in [4.69, 9.17) is 4.74 Å². The van der Waals surface area contributed by atoms with Gasteiger partial charge in [0.25, 0.3) is 0 Å². The fourth-order valence-corrected chi connectivity index (χ4v) is 3.15. The van der Waals surface area contributed by atoms with Gasteiger partial charge in [0, 0.05) is 36.7 Å². The number of ether oxygens (including phenoxy) is 1. The van der Waals surface area contributed by atoms with Gasteiger partial charge in [-0.05, 0) is 38.0 Å². The van der Waals surface area contributed by atoms with Crippen molar-refractivity contribution in [1.82, 2.24) is 15.1 Å². The zero-order valence-corrected chi connectivity index (χ0v) is 14.2. The van der Waals surface area contributed by atoms with Gasteiger partial charge in [-0.25, -0.2) is 0 Å². The monoisotopic (exact) mass is 328 g/mol. The molecule has 1 aliphatic heterocycles. The van der Waals surface area contributed by atoms with Crippen molar-refractivity contribution in [3.8, 4) is 5.75 Å². The Hall–Kier alpha value is -2.34. The molecular weight excluding hydrogens is 304 g/mol. The highest BCUT2D eigenvalue weighted by Gasteiger charge is 2.30. The topological polar surface area (TPSA) is 59.4 Å². The fraction of sp³-hybridized carbons (Fsp3) is 0.444. The van der Waals surface area contributed by atoms with E-state index < -0.39 is 0 Å². The Balaban J connectivity index is 1.65. The van der Waals surface area contributed by atoms with Gasteiger partial charge in [-0.1, -0.05) is 6.07 Å². The molecule has 3 rings (SSSR count). The highest BCUT2D eigenvalue weighted by atomic mass is 16.5. The largest absolute Gasteiger partial charge is 0.497 e. The standard InChI is InChI=1S/C18H24N4O2/c1-14(13-21-10-5-9-19-21)20-17-8-4-11-22(18(17)23)15-6-3-7-16(12-15)24-2/h3,5-7,9-10,12,14,17,20H,4,8,11,13H2,1-2H3/t14-,17-/m0/s1. The van der Waals surface area contributed by atoms with E-state index in [2.05, 4.69) is 17.3 Å². The van der Waals surface area contributed by atoms with Crippen molar-refractivity contribution >= 4 is 11.6 Å². The Labute approximate surface area is 142 Å². The van der Waals surface area contributed by atoms with E-state index in [1.165, 1.54) is 0 Å². The van der Waals surface area contributed by atoms with Crippen molar-refractivity contribution in [3.05, 3.63) is 42.7 Å². The summed E-state index contributed by atoms with van der Waals surface area (Å²) in [5, 5.41) is 7.67. The van der Waals surface area contributed by atoms with E-state index in [9.17, 15) is 4.79 Å². The van der Waals surface area contributed by atoms with E-state index in [-0.39, 0.29) is 18.0 Å². The van der Waals surface area contributed by atoms with Crippen LogP contribution in [0.1, 0.15) is 19.8 Å². The molecule has 1 fully saturated rings. The van der Waals surface area contributed by atoms with Gasteiger partial charge in [0.15, 0.2) is 0 Å². The molecule has 1 aromatic heterocycles. The maximum absolute atomic E-state index is 12.9. The minimum Gasteiger partial charge on any atom is -0.497 e. The van der Waals surface area contributed by atoms with E-state index in [0.29, 0.717) is 0 Å². The average Bonchev–Trinajstić information content (AvgIpc) is 3.09. The lowest BCUT2D eigenvalue weighted by atomic mass is 10.0. The number of methoxy groups -OCH3 is 1. The zero-order chi connectivity index (χ0) is 16.9. The molecule has 0 aliphatic carbocycles. The van der Waals surface area contributed by atoms with Gasteiger partial charge in [0.1, 0.15) is 5.75 Å². The minimum absolute atomic E-state index is 0.127. The number of carbonyl (C=O) groups is 1. The third kappa shape index (κ3) is 3.76. The number of benzene rings is 1. The molecule has 128 valence electrons. The van der Waals surface area contributed by atoms with Crippen LogP contribution in [-0.4, -0.2) is 41.4 Å². The number of rotatable bonds is 6. The van der Waals surface area contributed by atoms with Crippen LogP contribution in [0.25, 0.3) is 0 Å². The summed E-state index contributed by atoms with van der Waals surface area (Å²) in [5.74, 6) is 0.893. The lowest BCUT2D eigenvalue weighted by Crippen LogP contribution is -2.53. The molecule has 0 bridgehead atoms. The number of nitrogens with zero attached hydrogens (tertiary/aromatic N) is 3. The number of nitrogens with one attached hydrogen (secondary N) is 1. The molecular formula is C18H24N4O2. The summed E-state index contributed by atoms with van der Waals surface area (Å²) in [6, 6.07) is 9.59. The predicted octanol–water partition coefficient (Wildman–Crippen LogP) is 2.07. The molecule has 2 aromatic rings. The van der Waals surface area contributed by atoms with Crippen molar-refractivity contribution < 1.29 is 9.53 Å². The summed E-state index contributed by atoms with van der Waals surface area (Å²) in [6.07, 6.45) is 5.55. The van der Waals surface area contributed by atoms with Crippen LogP contribution in [-0.2, 0) is 11.3 Å². The maximum Gasteiger partial charge on any atom is 0.244 e. The van der Waals surface area contributed by atoms with Crippen LogP contribution in [0.3, 0.4) is 0 Å². The Bertz CT molecular complexity index is 671. The quantitative estimate of drug-likeness (QED) is 0.882. The molecule has 1 N–H and O–H groups in total. The van der Waals surface area contributed by atoms with Crippen molar-refractivity contribution in [3.63, 3.8) is 0 Å². The Morgan fingerprint density at radius 3 is 3.04 bits per heavy atom. The van der Waals surface area contributed by atoms with E-state index in [1.807, 2.05) is 46.1 Å². The molecule has 1 amide bonds. The average molecular weight is 328 g/mol. The molecule has 0 radical (unpaired) electrons. The second-order valence-electron chi connectivity index (χ2n) is 6.18. The number of amides is 1. The Morgan fingerprint density at radius 1 is 1.42 bits per heavy atom. The lowest BCUT2D eigenvalue weighted by Gasteiger charge is -2.34. The van der Waals surface area contributed by atoms with Gasteiger partial charge in [-0.2, -0.15) is 5.10 Å². The molecule has 2 atom stereocenters. The van der Waals surface area contributed by atoms with Crippen molar-refractivity contribution in [2.75, 3.05) is 18.6 Å². The minimum atomic E-state index is -0.157. The smallest absolute Gasteiger partial charge is 0.244 e. The number of anilines is 1. The van der Waals surface area contributed by atoms with E-state index >= 15 is 0 Å². The Kier molecular flexibility index (Phi) is 5.15. The summed E-state index contributed by atoms with van der Waals surface area (Å²) in [6.45, 7) is 3.58. The van der Waals surface area contributed by atoms with Crippen LogP contribution in [0.4, 0.5) is 5.69 Å². The van der Waals surface area contributed by atoms with Gasteiger partial charge < -0.3 is 15.0 Å². The van der Waals surface area contributed by atoms with E-state index in [0.717, 1.165) is 37.4 Å². The summed E-state index contributed by atoms with van der Waals surface area (Å²) < 4.78 is 7.15. The molecule has 6 heteroatoms. The summed E-state index contributed by atoms with van der Waals surface area (Å²) >= 11 is 0. The van der Waals surface area contributed by atoms with Crippen molar-refractivity contribution in [2.24, 2.45) is 0 Å². The van der Waals surface area contributed by atoms with Gasteiger partial charge in [0.2, 0.25) is 5.91 Å². The summed E-state index contributed by atoms with van der Waals surface area (Å²) in [7, 11) is 1.64. The Morgan fingerprint density at radius 2 is 2.29 bits per heavy atom. The SMILES string of the molecule is COc1cccc(N2CCC[C@H](N[C@@H](C)Cn3cccn3)C2=O)c1. The third-order valence-corrected chi connectivity index (χ3v) is 4.31. The molecule has 0 saturated carbocycles. The second-order valence-corrected chi connectivity index (χ2v) is 6.18. The van der Waals surface area contributed by atoms with Crippen LogP contribution in [0, 0.1) is 0 Å². The normalized spacial score (nSPS) is 19.3. The molecule has 1 saturated heterocycles. The van der Waals surface area contributed by atoms with Gasteiger partial charge in [-0.15, -0.1) is 0 Å². The van der Waals surface area contributed by atoms with Crippen LogP contribution in [0.5, 0.6) is 5.75 Å². The van der Waals surface area contributed by atoms with Crippen molar-refractivity contribution in [1.29, 1.82) is 0 Å². The molecule has 0 unspecified atom stereocenters. The van der Waals surface area contributed by atoms with Crippen molar-refractivity contribution in [2.45, 2.75) is 38.4 Å². The molecule has 0 spiro atoms. The van der Waals surface area contributed by atoms with Gasteiger partial charge >= 0.3 is 0 Å². The van der Waals surface area contributed by atoms with Crippen LogP contribution in [0.15, 0.2) is 42.7 Å². The highest BCUT2D eigenvalue weighted by Crippen LogP contribution is 2.25. The van der Waals surface area contributed by atoms with Crippen LogP contribution >= 0.6 is 0 Å². The molecule has 1 aliphatic rings. The molecule has 2 heterocycles. The van der Waals surface area contributed by atoms with Crippen LogP contribution in [0.2, 0.25) is 0 Å². The van der Waals surface area contributed by atoms with Crippen LogP contribution < -0.4 is 15.0 Å². The fourth-order valence-electron chi connectivity index (χ4n) is 3.15. The third-order valence-electron chi connectivity index (χ3n) is 4.31. The first-order chi connectivity index (χ1) is 11.7. The zero-order valence-electron chi connectivity index (χ0n) is 14.2. The predicted molar refractivity (Wildman–Crippen MR) is 93.2 cm³/mol. The summed E-state index contributed by atoms with van der Waals surface area (Å²) in [4.78, 5) is 14.7. The molecule has 6 nitrogen and oxygen atoms in total. The highest BCUT2D eigenvalue weighted by molar-refractivity contribution is 5.98. The molecule has 1 aromatic carbocycles. The number of aromatic nitrogens is 2. The van der Waals surface area contributed by atoms with E-state index in [1.54, 1.807) is 13.3 Å². The summed E-state index contributed by atoms with van der Waals surface area (Å²) in [5.41, 5.74) is 0.894. The lowest BCUT2D eigenvalue weighted by molar-refractivity contribution is -0.122. The number of piperidine rings is 1.